The molecule has 21 heavy (non-hydrogen) atoms. The number of benzene rings is 2. The summed E-state index contributed by atoms with van der Waals surface area (Å²) >= 11 is 9.26. The predicted octanol–water partition coefficient (Wildman–Crippen LogP) is 4.12. The average Bonchev–Trinajstić information content (AvgIpc) is 2.84. The fourth-order valence-corrected chi connectivity index (χ4v) is 2.99. The van der Waals surface area contributed by atoms with Gasteiger partial charge >= 0.3 is 0 Å². The first-order valence-corrected chi connectivity index (χ1v) is 7.53. The predicted molar refractivity (Wildman–Crippen MR) is 87.3 cm³/mol. The van der Waals surface area contributed by atoms with Crippen molar-refractivity contribution in [3.63, 3.8) is 0 Å². The van der Waals surface area contributed by atoms with Crippen LogP contribution < -0.4 is 10.6 Å². The van der Waals surface area contributed by atoms with Crippen LogP contribution >= 0.6 is 27.5 Å². The Morgan fingerprint density at radius 2 is 2.10 bits per heavy atom. The fourth-order valence-electron chi connectivity index (χ4n) is 2.41. The molecule has 1 aliphatic heterocycles. The standard InChI is InChI=1S/C15H12BrClFN3/c16-12-6-9(4-5-13(12)18)14-8-20-15(19)21(14)11-3-1-2-10(17)7-11/h1-7,14H,8H2,(H2,19,20). The molecule has 0 saturated carbocycles. The summed E-state index contributed by atoms with van der Waals surface area (Å²) in [6, 6.07) is 12.3. The van der Waals surface area contributed by atoms with Crippen LogP contribution in [0.5, 0.6) is 0 Å². The van der Waals surface area contributed by atoms with Gasteiger partial charge in [0.15, 0.2) is 5.96 Å². The topological polar surface area (TPSA) is 41.6 Å². The zero-order chi connectivity index (χ0) is 15.0. The van der Waals surface area contributed by atoms with Crippen molar-refractivity contribution in [1.29, 1.82) is 0 Å². The lowest BCUT2D eigenvalue weighted by atomic mass is 10.1. The second-order valence-electron chi connectivity index (χ2n) is 4.74. The van der Waals surface area contributed by atoms with E-state index in [2.05, 4.69) is 20.9 Å². The molecule has 1 unspecified atom stereocenters. The smallest absolute Gasteiger partial charge is 0.196 e. The van der Waals surface area contributed by atoms with E-state index in [0.717, 1.165) is 11.3 Å². The second kappa shape index (κ2) is 5.66. The van der Waals surface area contributed by atoms with Crippen molar-refractivity contribution in [3.8, 4) is 0 Å². The van der Waals surface area contributed by atoms with Crippen LogP contribution in [0.4, 0.5) is 10.1 Å². The highest BCUT2D eigenvalue weighted by Gasteiger charge is 2.29. The summed E-state index contributed by atoms with van der Waals surface area (Å²) in [6.45, 7) is 0.524. The Kier molecular flexibility index (Phi) is 3.87. The van der Waals surface area contributed by atoms with Crippen LogP contribution in [0.15, 0.2) is 51.9 Å². The molecule has 3 nitrogen and oxygen atoms in total. The number of nitrogens with zero attached hydrogens (tertiary/aromatic N) is 2. The Morgan fingerprint density at radius 1 is 1.29 bits per heavy atom. The van der Waals surface area contributed by atoms with Gasteiger partial charge in [-0.3, -0.25) is 4.99 Å². The van der Waals surface area contributed by atoms with E-state index >= 15 is 0 Å². The highest BCUT2D eigenvalue weighted by Crippen LogP contribution is 2.33. The molecule has 0 bridgehead atoms. The van der Waals surface area contributed by atoms with Gasteiger partial charge in [-0.1, -0.05) is 23.7 Å². The number of halogens is 3. The summed E-state index contributed by atoms with van der Waals surface area (Å²) in [5, 5.41) is 0.631. The van der Waals surface area contributed by atoms with E-state index in [0.29, 0.717) is 22.0 Å². The van der Waals surface area contributed by atoms with Crippen molar-refractivity contribution in [2.24, 2.45) is 10.7 Å². The largest absolute Gasteiger partial charge is 0.369 e. The van der Waals surface area contributed by atoms with Crippen LogP contribution in [0, 0.1) is 5.82 Å². The summed E-state index contributed by atoms with van der Waals surface area (Å²) in [6.07, 6.45) is 0. The number of hydrogen-bond donors (Lipinski definition) is 1. The van der Waals surface area contributed by atoms with Crippen LogP contribution in [-0.2, 0) is 0 Å². The summed E-state index contributed by atoms with van der Waals surface area (Å²) < 4.78 is 13.8. The number of anilines is 1. The second-order valence-corrected chi connectivity index (χ2v) is 6.03. The molecule has 0 spiro atoms. The van der Waals surface area contributed by atoms with Gasteiger partial charge in [0.25, 0.3) is 0 Å². The number of aliphatic imine (C=N–C) groups is 1. The third-order valence-corrected chi connectivity index (χ3v) is 4.24. The van der Waals surface area contributed by atoms with Crippen molar-refractivity contribution in [2.45, 2.75) is 6.04 Å². The summed E-state index contributed by atoms with van der Waals surface area (Å²) in [5.74, 6) is 0.141. The van der Waals surface area contributed by atoms with E-state index in [1.807, 2.05) is 23.1 Å². The lowest BCUT2D eigenvalue weighted by molar-refractivity contribution is 0.618. The maximum atomic E-state index is 13.4. The Morgan fingerprint density at radius 3 is 2.81 bits per heavy atom. The molecule has 0 fully saturated rings. The average molecular weight is 369 g/mol. The number of guanidine groups is 1. The normalized spacial score (nSPS) is 18.0. The van der Waals surface area contributed by atoms with Gasteiger partial charge in [-0.15, -0.1) is 0 Å². The van der Waals surface area contributed by atoms with Gasteiger partial charge in [-0.25, -0.2) is 4.39 Å². The van der Waals surface area contributed by atoms with Crippen molar-refractivity contribution in [1.82, 2.24) is 0 Å². The summed E-state index contributed by atoms with van der Waals surface area (Å²) in [5.41, 5.74) is 7.81. The zero-order valence-corrected chi connectivity index (χ0v) is 13.3. The molecule has 1 heterocycles. The third-order valence-electron chi connectivity index (χ3n) is 3.40. The van der Waals surface area contributed by atoms with Crippen molar-refractivity contribution >= 4 is 39.2 Å². The van der Waals surface area contributed by atoms with Gasteiger partial charge in [0, 0.05) is 10.7 Å². The third kappa shape index (κ3) is 2.76. The minimum Gasteiger partial charge on any atom is -0.369 e. The van der Waals surface area contributed by atoms with Gasteiger partial charge in [0.05, 0.1) is 17.1 Å². The van der Waals surface area contributed by atoms with Crippen LogP contribution in [-0.4, -0.2) is 12.5 Å². The van der Waals surface area contributed by atoms with Gasteiger partial charge < -0.3 is 10.6 Å². The number of nitrogens with two attached hydrogens (primary N) is 1. The number of hydrogen-bond acceptors (Lipinski definition) is 3. The molecule has 6 heteroatoms. The molecule has 2 aromatic carbocycles. The Bertz CT molecular complexity index is 720. The molecular formula is C15H12BrClFN3. The van der Waals surface area contributed by atoms with Gasteiger partial charge in [-0.2, -0.15) is 0 Å². The lowest BCUT2D eigenvalue weighted by Crippen LogP contribution is -2.36. The lowest BCUT2D eigenvalue weighted by Gasteiger charge is -2.27. The summed E-state index contributed by atoms with van der Waals surface area (Å²) in [4.78, 5) is 6.21. The van der Waals surface area contributed by atoms with Crippen LogP contribution in [0.25, 0.3) is 0 Å². The first kappa shape index (κ1) is 14.4. The van der Waals surface area contributed by atoms with Crippen LogP contribution in [0.1, 0.15) is 11.6 Å². The molecule has 3 rings (SSSR count). The van der Waals surface area contributed by atoms with Crippen molar-refractivity contribution in [3.05, 3.63) is 63.3 Å². The van der Waals surface area contributed by atoms with E-state index in [9.17, 15) is 4.39 Å². The molecule has 0 saturated heterocycles. The highest BCUT2D eigenvalue weighted by atomic mass is 79.9. The van der Waals surface area contributed by atoms with Crippen LogP contribution in [0.2, 0.25) is 5.02 Å². The van der Waals surface area contributed by atoms with E-state index in [-0.39, 0.29) is 11.9 Å². The molecule has 108 valence electrons. The molecule has 0 aliphatic carbocycles. The molecule has 2 N–H and O–H groups in total. The first-order valence-electron chi connectivity index (χ1n) is 6.36. The van der Waals surface area contributed by atoms with Crippen LogP contribution in [0.3, 0.4) is 0 Å². The molecule has 0 amide bonds. The van der Waals surface area contributed by atoms with Gasteiger partial charge in [0.1, 0.15) is 5.82 Å². The van der Waals surface area contributed by atoms with Gasteiger partial charge in [0.2, 0.25) is 0 Å². The minimum absolute atomic E-state index is 0.0691. The van der Waals surface area contributed by atoms with E-state index in [4.69, 9.17) is 17.3 Å². The molecule has 0 aromatic heterocycles. The molecule has 1 atom stereocenters. The van der Waals surface area contributed by atoms with Gasteiger partial charge in [-0.05, 0) is 51.8 Å². The monoisotopic (exact) mass is 367 g/mol. The van der Waals surface area contributed by atoms with E-state index in [1.165, 1.54) is 6.07 Å². The summed E-state index contributed by atoms with van der Waals surface area (Å²) in [7, 11) is 0. The maximum Gasteiger partial charge on any atom is 0.196 e. The Labute approximate surface area is 135 Å². The molecule has 1 aliphatic rings. The van der Waals surface area contributed by atoms with Crippen molar-refractivity contribution < 1.29 is 4.39 Å². The highest BCUT2D eigenvalue weighted by molar-refractivity contribution is 9.10. The van der Waals surface area contributed by atoms with Crippen molar-refractivity contribution in [2.75, 3.05) is 11.4 Å². The Hall–Kier alpha value is -1.59. The fraction of sp³-hybridized carbons (Fsp3) is 0.133. The molecule has 2 aromatic rings. The quantitative estimate of drug-likeness (QED) is 0.866. The molecule has 0 radical (unpaired) electrons. The molecular weight excluding hydrogens is 357 g/mol. The minimum atomic E-state index is -0.292. The number of rotatable bonds is 2. The maximum absolute atomic E-state index is 13.4. The van der Waals surface area contributed by atoms with E-state index in [1.54, 1.807) is 18.2 Å². The SMILES string of the molecule is NC1=NCC(c2ccc(F)c(Br)c2)N1c1cccc(Cl)c1. The zero-order valence-electron chi connectivity index (χ0n) is 10.9. The Balaban J connectivity index is 2.00. The first-order chi connectivity index (χ1) is 10.1. The van der Waals surface area contributed by atoms with E-state index < -0.39 is 0 Å².